The van der Waals surface area contributed by atoms with Gasteiger partial charge in [0, 0.05) is 18.9 Å². The number of H-pyrrole nitrogens is 1. The van der Waals surface area contributed by atoms with Gasteiger partial charge in [-0.25, -0.2) is 22.6 Å². The van der Waals surface area contributed by atoms with E-state index in [4.69, 9.17) is 4.74 Å². The Morgan fingerprint density at radius 2 is 2.03 bits per heavy atom. The number of sulfonamides is 1. The molecule has 0 amide bonds. The van der Waals surface area contributed by atoms with Crippen molar-refractivity contribution in [2.75, 3.05) is 13.2 Å². The number of rotatable bonds is 9. The van der Waals surface area contributed by atoms with Gasteiger partial charge in [0.1, 0.15) is 17.4 Å². The number of imidazole rings is 1. The summed E-state index contributed by atoms with van der Waals surface area (Å²) in [5.41, 5.74) is 0.991. The number of ketones is 1. The third-order valence-corrected chi connectivity index (χ3v) is 7.47. The first-order valence-corrected chi connectivity index (χ1v) is 13.0. The van der Waals surface area contributed by atoms with Crippen LogP contribution < -0.4 is 15.0 Å². The summed E-state index contributed by atoms with van der Waals surface area (Å²) in [7, 11) is -3.88. The molecule has 0 bridgehead atoms. The van der Waals surface area contributed by atoms with Gasteiger partial charge in [-0.05, 0) is 51.8 Å². The van der Waals surface area contributed by atoms with Crippen LogP contribution in [0.2, 0.25) is 0 Å². The van der Waals surface area contributed by atoms with Gasteiger partial charge < -0.3 is 9.72 Å². The topological polar surface area (TPSA) is 136 Å². The molecule has 3 aromatic rings. The van der Waals surface area contributed by atoms with Crippen molar-refractivity contribution < 1.29 is 17.9 Å². The van der Waals surface area contributed by atoms with Crippen molar-refractivity contribution in [3.05, 3.63) is 40.1 Å². The molecule has 0 unspecified atom stereocenters. The molecule has 2 heterocycles. The summed E-state index contributed by atoms with van der Waals surface area (Å²) >= 11 is 0. The Bertz CT molecular complexity index is 1390. The van der Waals surface area contributed by atoms with Crippen LogP contribution in [0.15, 0.2) is 27.9 Å². The van der Waals surface area contributed by atoms with E-state index in [1.165, 1.54) is 19.1 Å². The molecule has 182 valence electrons. The minimum absolute atomic E-state index is 0.000313. The van der Waals surface area contributed by atoms with Crippen molar-refractivity contribution in [2.24, 2.45) is 0 Å². The van der Waals surface area contributed by atoms with Gasteiger partial charge in [0.2, 0.25) is 10.0 Å². The molecule has 0 aliphatic heterocycles. The monoisotopic (exact) mass is 487 g/mol. The van der Waals surface area contributed by atoms with Crippen LogP contribution in [0.25, 0.3) is 16.9 Å². The molecule has 0 saturated heterocycles. The largest absolute Gasteiger partial charge is 0.493 e. The Morgan fingerprint density at radius 1 is 1.29 bits per heavy atom. The van der Waals surface area contributed by atoms with Crippen LogP contribution in [-0.2, 0) is 14.8 Å². The summed E-state index contributed by atoms with van der Waals surface area (Å²) in [6.07, 6.45) is 4.30. The quantitative estimate of drug-likeness (QED) is 0.474. The fraction of sp³-hybridized carbons (Fsp3) is 0.478. The predicted octanol–water partition coefficient (Wildman–Crippen LogP) is 2.71. The third-order valence-electron chi connectivity index (χ3n) is 6.01. The molecule has 0 radical (unpaired) electrons. The summed E-state index contributed by atoms with van der Waals surface area (Å²) in [6, 6.07) is 4.39. The lowest BCUT2D eigenvalue weighted by Gasteiger charge is -2.13. The summed E-state index contributed by atoms with van der Waals surface area (Å²) in [4.78, 5) is 31.6. The van der Waals surface area contributed by atoms with E-state index in [-0.39, 0.29) is 40.9 Å². The fourth-order valence-corrected chi connectivity index (χ4v) is 5.41. The predicted molar refractivity (Wildman–Crippen MR) is 127 cm³/mol. The van der Waals surface area contributed by atoms with Crippen molar-refractivity contribution in [1.29, 1.82) is 0 Å². The number of nitrogens with one attached hydrogen (secondary N) is 2. The Morgan fingerprint density at radius 3 is 2.71 bits per heavy atom. The van der Waals surface area contributed by atoms with Crippen molar-refractivity contribution in [2.45, 2.75) is 63.7 Å². The van der Waals surface area contributed by atoms with Crippen LogP contribution in [0, 0.1) is 6.92 Å². The fourth-order valence-electron chi connectivity index (χ4n) is 4.35. The number of benzene rings is 1. The smallest absolute Gasteiger partial charge is 0.277 e. The zero-order valence-corrected chi connectivity index (χ0v) is 20.4. The van der Waals surface area contributed by atoms with E-state index >= 15 is 0 Å². The molecule has 2 aromatic heterocycles. The number of carbonyl (C=O) groups is 1. The summed E-state index contributed by atoms with van der Waals surface area (Å²) in [5.74, 6) is 1.46. The molecule has 1 aliphatic carbocycles. The van der Waals surface area contributed by atoms with Crippen LogP contribution in [0.5, 0.6) is 5.75 Å². The molecular formula is C23H29N5O5S. The Labute approximate surface area is 197 Å². The Balaban J connectivity index is 1.83. The molecule has 0 spiro atoms. The molecule has 1 aromatic carbocycles. The van der Waals surface area contributed by atoms with Gasteiger partial charge in [-0.1, -0.05) is 12.8 Å². The molecule has 2 N–H and O–H groups in total. The molecule has 34 heavy (non-hydrogen) atoms. The van der Waals surface area contributed by atoms with Crippen LogP contribution in [0.3, 0.4) is 0 Å². The number of fused-ring (bicyclic) bond motifs is 1. The van der Waals surface area contributed by atoms with Gasteiger partial charge >= 0.3 is 0 Å². The molecule has 1 aliphatic rings. The maximum absolute atomic E-state index is 13.0. The molecule has 0 atom stereocenters. The van der Waals surface area contributed by atoms with E-state index in [9.17, 15) is 18.0 Å². The first-order chi connectivity index (χ1) is 16.2. The van der Waals surface area contributed by atoms with Gasteiger partial charge in [-0.3, -0.25) is 9.59 Å². The second-order valence-corrected chi connectivity index (χ2v) is 10.3. The van der Waals surface area contributed by atoms with Gasteiger partial charge in [-0.2, -0.15) is 0 Å². The zero-order chi connectivity index (χ0) is 24.5. The van der Waals surface area contributed by atoms with Crippen LogP contribution in [-0.4, -0.2) is 46.9 Å². The third kappa shape index (κ3) is 4.76. The number of nitrogens with zero attached hydrogens (tertiary/aromatic N) is 3. The lowest BCUT2D eigenvalue weighted by atomic mass is 10.1. The standard InChI is InChI=1S/C23H29N5O5S/c1-4-33-19-10-9-17(34(31,32)24-12-11-14(2)29)13-18(19)21-26-23(30)20-15(3)25-22(28(20)27-21)16-7-5-6-8-16/h9-10,13,16,24H,4-8,11-12H2,1-3H3,(H,26,27,30). The number of aryl methyl sites for hydroxylation is 1. The zero-order valence-electron chi connectivity index (χ0n) is 19.6. The van der Waals surface area contributed by atoms with E-state index < -0.39 is 10.0 Å². The average molecular weight is 488 g/mol. The normalized spacial score (nSPS) is 14.7. The van der Waals surface area contributed by atoms with Gasteiger partial charge in [0.05, 0.1) is 22.8 Å². The number of ether oxygens (including phenoxy) is 1. The molecule has 1 fully saturated rings. The second-order valence-electron chi connectivity index (χ2n) is 8.54. The number of aromatic nitrogens is 4. The van der Waals surface area contributed by atoms with Crippen molar-refractivity contribution in [3.63, 3.8) is 0 Å². The highest BCUT2D eigenvalue weighted by molar-refractivity contribution is 7.89. The number of hydrogen-bond acceptors (Lipinski definition) is 7. The lowest BCUT2D eigenvalue weighted by Crippen LogP contribution is -2.26. The van der Waals surface area contributed by atoms with Crippen LogP contribution >= 0.6 is 0 Å². The van der Waals surface area contributed by atoms with Crippen molar-refractivity contribution in [3.8, 4) is 17.1 Å². The van der Waals surface area contributed by atoms with Gasteiger partial charge in [-0.15, -0.1) is 5.10 Å². The summed E-state index contributed by atoms with van der Waals surface area (Å²) in [6.45, 7) is 5.35. The highest BCUT2D eigenvalue weighted by atomic mass is 32.2. The number of aromatic amines is 1. The van der Waals surface area contributed by atoms with Crippen molar-refractivity contribution >= 4 is 21.3 Å². The maximum Gasteiger partial charge on any atom is 0.277 e. The SMILES string of the molecule is CCOc1ccc(S(=O)(=O)NCCC(C)=O)cc1-c1nn2c(C3CCCC3)nc(C)c2c(=O)[nH]1. The molecule has 1 saturated carbocycles. The van der Waals surface area contributed by atoms with Crippen LogP contribution in [0.4, 0.5) is 0 Å². The van der Waals surface area contributed by atoms with E-state index in [2.05, 4.69) is 19.8 Å². The molecule has 4 rings (SSSR count). The molecule has 11 heteroatoms. The van der Waals surface area contributed by atoms with E-state index in [0.29, 0.717) is 29.1 Å². The first-order valence-electron chi connectivity index (χ1n) is 11.5. The lowest BCUT2D eigenvalue weighted by molar-refractivity contribution is -0.116. The van der Waals surface area contributed by atoms with E-state index in [1.807, 2.05) is 6.92 Å². The second kappa shape index (κ2) is 9.67. The minimum Gasteiger partial charge on any atom is -0.493 e. The van der Waals surface area contributed by atoms with E-state index in [1.54, 1.807) is 17.5 Å². The summed E-state index contributed by atoms with van der Waals surface area (Å²) < 4.78 is 35.4. The van der Waals surface area contributed by atoms with Crippen molar-refractivity contribution in [1.82, 2.24) is 24.3 Å². The maximum atomic E-state index is 13.0. The number of Topliss-reactive ketones (excluding diaryl/α,β-unsaturated/α-hetero) is 1. The van der Waals surface area contributed by atoms with Gasteiger partial charge in [0.15, 0.2) is 11.3 Å². The Hall–Kier alpha value is -3.05. The molecular weight excluding hydrogens is 458 g/mol. The first kappa shape index (κ1) is 24.1. The highest BCUT2D eigenvalue weighted by Crippen LogP contribution is 2.34. The number of carbonyl (C=O) groups excluding carboxylic acids is 1. The van der Waals surface area contributed by atoms with Crippen LogP contribution in [0.1, 0.15) is 63.4 Å². The Kier molecular flexibility index (Phi) is 6.85. The number of hydrogen-bond donors (Lipinski definition) is 2. The van der Waals surface area contributed by atoms with E-state index in [0.717, 1.165) is 31.5 Å². The molecule has 10 nitrogen and oxygen atoms in total. The highest BCUT2D eigenvalue weighted by Gasteiger charge is 2.26. The average Bonchev–Trinajstić information content (AvgIpc) is 3.42. The summed E-state index contributed by atoms with van der Waals surface area (Å²) in [5, 5.41) is 4.68. The minimum atomic E-state index is -3.88. The van der Waals surface area contributed by atoms with Gasteiger partial charge in [0.25, 0.3) is 5.56 Å².